The number of amides is 2. The smallest absolute Gasteiger partial charge is 0.332 e. The number of H-pyrrole nitrogens is 2. The summed E-state index contributed by atoms with van der Waals surface area (Å²) < 4.78 is 0. The Labute approximate surface area is 155 Å². The lowest BCUT2D eigenvalue weighted by atomic mass is 10.3. The Balaban J connectivity index is 0.000000527. The molecule has 6 N–H and O–H groups in total. The number of aromatic amines is 2. The lowest BCUT2D eigenvalue weighted by Crippen LogP contribution is -2.33. The van der Waals surface area contributed by atoms with Gasteiger partial charge < -0.3 is 30.8 Å². The third-order valence-corrected chi connectivity index (χ3v) is 3.22. The Morgan fingerprint density at radius 1 is 1.00 bits per heavy atom. The molecule has 2 heterocycles. The van der Waals surface area contributed by atoms with Gasteiger partial charge in [-0.15, -0.1) is 0 Å². The first kappa shape index (κ1) is 21.8. The monoisotopic (exact) mass is 380 g/mol. The number of rotatable bonds is 9. The quantitative estimate of drug-likeness (QED) is 0.302. The maximum Gasteiger partial charge on any atom is 0.332 e. The summed E-state index contributed by atoms with van der Waals surface area (Å²) in [7, 11) is 0. The van der Waals surface area contributed by atoms with Crippen molar-refractivity contribution in [2.24, 2.45) is 0 Å². The number of aliphatic hydroxyl groups is 1. The molecular formula is C16H24N6O5. The van der Waals surface area contributed by atoms with Crippen molar-refractivity contribution in [3.05, 3.63) is 36.4 Å². The Kier molecular flexibility index (Phi) is 9.86. The lowest BCUT2D eigenvalue weighted by Gasteiger charge is -2.05. The number of hydrogen-bond donors (Lipinski definition) is 6. The number of carboxylic acids is 1. The van der Waals surface area contributed by atoms with Crippen LogP contribution in [-0.2, 0) is 27.2 Å². The average molecular weight is 380 g/mol. The van der Waals surface area contributed by atoms with Crippen molar-refractivity contribution in [3.63, 3.8) is 0 Å². The van der Waals surface area contributed by atoms with E-state index >= 15 is 0 Å². The number of carbonyl (C=O) groups is 3. The van der Waals surface area contributed by atoms with Gasteiger partial charge in [0, 0.05) is 49.7 Å². The fourth-order valence-corrected chi connectivity index (χ4v) is 1.79. The second kappa shape index (κ2) is 12.2. The molecule has 2 aromatic rings. The second-order valence-corrected chi connectivity index (χ2v) is 5.54. The number of aliphatic carboxylic acids is 1. The highest BCUT2D eigenvalue weighted by Crippen LogP contribution is 1.92. The van der Waals surface area contributed by atoms with Gasteiger partial charge in [0.05, 0.1) is 12.7 Å². The molecule has 148 valence electrons. The number of imidazole rings is 2. The predicted molar refractivity (Wildman–Crippen MR) is 94.5 cm³/mol. The van der Waals surface area contributed by atoms with Crippen molar-refractivity contribution in [2.45, 2.75) is 32.3 Å². The number of aliphatic hydroxyl groups excluding tert-OH is 1. The first-order chi connectivity index (χ1) is 12.9. The Bertz CT molecular complexity index is 634. The summed E-state index contributed by atoms with van der Waals surface area (Å²) in [6, 6.07) is 0. The molecule has 2 aromatic heterocycles. The minimum absolute atomic E-state index is 0.161. The molecular weight excluding hydrogens is 356 g/mol. The number of carbonyl (C=O) groups excluding carboxylic acids is 2. The normalized spacial score (nSPS) is 11.0. The molecule has 2 rings (SSSR count). The van der Waals surface area contributed by atoms with E-state index in [1.807, 2.05) is 0 Å². The summed E-state index contributed by atoms with van der Waals surface area (Å²) in [5, 5.41) is 21.2. The molecule has 0 spiro atoms. The van der Waals surface area contributed by atoms with Crippen LogP contribution in [0.2, 0.25) is 0 Å². The van der Waals surface area contributed by atoms with Crippen LogP contribution in [0.1, 0.15) is 24.7 Å². The van der Waals surface area contributed by atoms with E-state index in [0.29, 0.717) is 25.9 Å². The van der Waals surface area contributed by atoms with Crippen LogP contribution in [0.5, 0.6) is 0 Å². The van der Waals surface area contributed by atoms with E-state index in [9.17, 15) is 14.4 Å². The van der Waals surface area contributed by atoms with Crippen LogP contribution >= 0.6 is 0 Å². The van der Waals surface area contributed by atoms with Crippen molar-refractivity contribution in [3.8, 4) is 0 Å². The van der Waals surface area contributed by atoms with Gasteiger partial charge in [-0.2, -0.15) is 0 Å². The summed E-state index contributed by atoms with van der Waals surface area (Å²) >= 11 is 0. The highest BCUT2D eigenvalue weighted by atomic mass is 16.4. The van der Waals surface area contributed by atoms with E-state index in [2.05, 4.69) is 30.6 Å². The SMILES string of the molecule is CC(O)C(=O)O.O=C(CC(=O)NCCc1cnc[nH]1)NCCc1cnc[nH]1. The first-order valence-electron chi connectivity index (χ1n) is 8.27. The maximum absolute atomic E-state index is 11.6. The number of nitrogens with one attached hydrogen (secondary N) is 4. The van der Waals surface area contributed by atoms with Crippen LogP contribution in [0.15, 0.2) is 25.0 Å². The van der Waals surface area contributed by atoms with Gasteiger partial charge in [0.1, 0.15) is 12.5 Å². The number of carboxylic acid groups (broad SMARTS) is 1. The van der Waals surface area contributed by atoms with Crippen molar-refractivity contribution in [1.82, 2.24) is 30.6 Å². The molecule has 0 aliphatic heterocycles. The maximum atomic E-state index is 11.6. The first-order valence-corrected chi connectivity index (χ1v) is 8.27. The molecule has 0 bridgehead atoms. The zero-order valence-electron chi connectivity index (χ0n) is 14.9. The van der Waals surface area contributed by atoms with Gasteiger partial charge in [-0.1, -0.05) is 0 Å². The number of nitrogens with zero attached hydrogens (tertiary/aromatic N) is 2. The van der Waals surface area contributed by atoms with Crippen molar-refractivity contribution >= 4 is 17.8 Å². The minimum atomic E-state index is -1.23. The van der Waals surface area contributed by atoms with E-state index in [-0.39, 0.29) is 18.2 Å². The summed E-state index contributed by atoms with van der Waals surface area (Å²) in [5.74, 6) is -1.75. The molecule has 0 fully saturated rings. The Morgan fingerprint density at radius 3 is 1.70 bits per heavy atom. The van der Waals surface area contributed by atoms with Crippen LogP contribution < -0.4 is 10.6 Å². The van der Waals surface area contributed by atoms with Gasteiger partial charge in [-0.25, -0.2) is 14.8 Å². The summed E-state index contributed by atoms with van der Waals surface area (Å²) in [4.78, 5) is 46.2. The van der Waals surface area contributed by atoms with Crippen molar-refractivity contribution < 1.29 is 24.6 Å². The van der Waals surface area contributed by atoms with Gasteiger partial charge in [-0.3, -0.25) is 9.59 Å². The molecule has 0 radical (unpaired) electrons. The fraction of sp³-hybridized carbons (Fsp3) is 0.438. The molecule has 1 unspecified atom stereocenters. The van der Waals surface area contributed by atoms with E-state index in [1.54, 1.807) is 25.0 Å². The predicted octanol–water partition coefficient (Wildman–Crippen LogP) is -1.01. The van der Waals surface area contributed by atoms with E-state index in [4.69, 9.17) is 10.2 Å². The molecule has 11 nitrogen and oxygen atoms in total. The molecule has 2 amide bonds. The third-order valence-electron chi connectivity index (χ3n) is 3.22. The molecule has 0 saturated heterocycles. The fourth-order valence-electron chi connectivity index (χ4n) is 1.79. The average Bonchev–Trinajstić information content (AvgIpc) is 3.29. The summed E-state index contributed by atoms with van der Waals surface area (Å²) in [6.07, 6.45) is 6.51. The van der Waals surface area contributed by atoms with E-state index in [1.165, 1.54) is 6.92 Å². The lowest BCUT2D eigenvalue weighted by molar-refractivity contribution is -0.145. The standard InChI is InChI=1S/C13H18N6O2.C3H6O3/c20-12(16-3-1-10-6-14-8-18-10)5-13(21)17-4-2-11-7-15-9-19-11;1-2(4)3(5)6/h6-9H,1-5H2,(H,14,18)(H,15,19)(H,16,20)(H,17,21);2,4H,1H3,(H,5,6). The topological polar surface area (TPSA) is 173 Å². The van der Waals surface area contributed by atoms with E-state index in [0.717, 1.165) is 11.4 Å². The van der Waals surface area contributed by atoms with Crippen LogP contribution in [-0.4, -0.2) is 67.1 Å². The molecule has 11 heteroatoms. The molecule has 27 heavy (non-hydrogen) atoms. The summed E-state index contributed by atoms with van der Waals surface area (Å²) in [5.41, 5.74) is 1.89. The summed E-state index contributed by atoms with van der Waals surface area (Å²) in [6.45, 7) is 2.15. The van der Waals surface area contributed by atoms with Crippen LogP contribution in [0.25, 0.3) is 0 Å². The molecule has 0 aliphatic carbocycles. The van der Waals surface area contributed by atoms with Gasteiger partial charge in [0.15, 0.2) is 0 Å². The number of aromatic nitrogens is 4. The minimum Gasteiger partial charge on any atom is -0.479 e. The second-order valence-electron chi connectivity index (χ2n) is 5.54. The molecule has 0 aliphatic rings. The molecule has 0 aromatic carbocycles. The third kappa shape index (κ3) is 10.4. The highest BCUT2D eigenvalue weighted by molar-refractivity contribution is 5.96. The Hall–Kier alpha value is -3.21. The van der Waals surface area contributed by atoms with Gasteiger partial charge in [0.2, 0.25) is 11.8 Å². The van der Waals surface area contributed by atoms with Gasteiger partial charge in [-0.05, 0) is 6.92 Å². The highest BCUT2D eigenvalue weighted by Gasteiger charge is 2.08. The van der Waals surface area contributed by atoms with E-state index < -0.39 is 12.1 Å². The van der Waals surface area contributed by atoms with Crippen molar-refractivity contribution in [1.29, 1.82) is 0 Å². The van der Waals surface area contributed by atoms with Crippen LogP contribution in [0.3, 0.4) is 0 Å². The largest absolute Gasteiger partial charge is 0.479 e. The van der Waals surface area contributed by atoms with Crippen molar-refractivity contribution in [2.75, 3.05) is 13.1 Å². The van der Waals surface area contributed by atoms with Crippen LogP contribution in [0, 0.1) is 0 Å². The van der Waals surface area contributed by atoms with Gasteiger partial charge >= 0.3 is 5.97 Å². The zero-order valence-corrected chi connectivity index (χ0v) is 14.9. The zero-order chi connectivity index (χ0) is 20.1. The van der Waals surface area contributed by atoms with Crippen LogP contribution in [0.4, 0.5) is 0 Å². The molecule has 0 saturated carbocycles. The molecule has 1 atom stereocenters. The Morgan fingerprint density at radius 2 is 1.41 bits per heavy atom. The van der Waals surface area contributed by atoms with Gasteiger partial charge in [0.25, 0.3) is 0 Å². The number of hydrogen-bond acceptors (Lipinski definition) is 6.